The predicted octanol–water partition coefficient (Wildman–Crippen LogP) is 2.12. The van der Waals surface area contributed by atoms with Gasteiger partial charge in [0.1, 0.15) is 6.33 Å². The van der Waals surface area contributed by atoms with E-state index in [4.69, 9.17) is 5.73 Å². The maximum absolute atomic E-state index is 12.4. The number of hydrogen-bond acceptors (Lipinski definition) is 7. The van der Waals surface area contributed by atoms with Crippen LogP contribution in [-0.2, 0) is 7.05 Å². The number of carbonyl (C=O) groups is 1. The fraction of sp³-hybridized carbons (Fsp3) is 0.438. The van der Waals surface area contributed by atoms with Gasteiger partial charge in [0.25, 0.3) is 11.6 Å². The topological polar surface area (TPSA) is 129 Å². The standard InChI is InChI=1S/C16H22N6O3S/c1-4-16(17,5-2)9-18-14(23)11-6-7-13(12(8-11)22(24)25)26-15-20-19-10-21(15)3/h6-8,10H,4-5,9,17H2,1-3H3,(H,18,23). The molecule has 1 heterocycles. The van der Waals surface area contributed by atoms with E-state index in [9.17, 15) is 14.9 Å². The van der Waals surface area contributed by atoms with Gasteiger partial charge < -0.3 is 15.6 Å². The van der Waals surface area contributed by atoms with Gasteiger partial charge in [0.15, 0.2) is 5.16 Å². The Morgan fingerprint density at radius 1 is 1.42 bits per heavy atom. The fourth-order valence-electron chi connectivity index (χ4n) is 2.21. The molecule has 0 fully saturated rings. The quantitative estimate of drug-likeness (QED) is 0.531. The lowest BCUT2D eigenvalue weighted by molar-refractivity contribution is -0.387. The molecule has 0 radical (unpaired) electrons. The predicted molar refractivity (Wildman–Crippen MR) is 98.1 cm³/mol. The number of nitrogens with zero attached hydrogens (tertiary/aromatic N) is 4. The second-order valence-electron chi connectivity index (χ2n) is 6.02. The van der Waals surface area contributed by atoms with E-state index in [1.165, 1.54) is 12.4 Å². The molecule has 0 saturated heterocycles. The minimum Gasteiger partial charge on any atom is -0.350 e. The van der Waals surface area contributed by atoms with E-state index >= 15 is 0 Å². The monoisotopic (exact) mass is 378 g/mol. The van der Waals surface area contributed by atoms with Gasteiger partial charge in [-0.1, -0.05) is 13.8 Å². The second-order valence-corrected chi connectivity index (χ2v) is 7.03. The number of nitro benzene ring substituents is 1. The summed E-state index contributed by atoms with van der Waals surface area (Å²) in [6.07, 6.45) is 2.95. The number of aromatic nitrogens is 3. The Hall–Kier alpha value is -2.46. The summed E-state index contributed by atoms with van der Waals surface area (Å²) in [5, 5.41) is 22.3. The van der Waals surface area contributed by atoms with Crippen molar-refractivity contribution < 1.29 is 9.72 Å². The van der Waals surface area contributed by atoms with Crippen molar-refractivity contribution in [2.75, 3.05) is 6.54 Å². The highest BCUT2D eigenvalue weighted by atomic mass is 32.2. The molecule has 2 aromatic rings. The summed E-state index contributed by atoms with van der Waals surface area (Å²) in [6, 6.07) is 4.36. The molecule has 0 aliphatic carbocycles. The first kappa shape index (κ1) is 19.9. The lowest BCUT2D eigenvalue weighted by atomic mass is 9.94. The van der Waals surface area contributed by atoms with Gasteiger partial charge in [-0.25, -0.2) is 0 Å². The average molecular weight is 378 g/mol. The van der Waals surface area contributed by atoms with Crippen molar-refractivity contribution in [3.63, 3.8) is 0 Å². The molecule has 0 unspecified atom stereocenters. The van der Waals surface area contributed by atoms with Gasteiger partial charge >= 0.3 is 0 Å². The summed E-state index contributed by atoms with van der Waals surface area (Å²) >= 11 is 1.12. The van der Waals surface area contributed by atoms with E-state index in [0.717, 1.165) is 24.6 Å². The summed E-state index contributed by atoms with van der Waals surface area (Å²) < 4.78 is 1.66. The minimum atomic E-state index is -0.513. The number of hydrogen-bond donors (Lipinski definition) is 2. The summed E-state index contributed by atoms with van der Waals surface area (Å²) in [5.41, 5.74) is 5.75. The summed E-state index contributed by atoms with van der Waals surface area (Å²) in [7, 11) is 1.75. The van der Waals surface area contributed by atoms with Crippen LogP contribution in [0.4, 0.5) is 5.69 Å². The first-order valence-corrected chi connectivity index (χ1v) is 8.98. The largest absolute Gasteiger partial charge is 0.350 e. The summed E-state index contributed by atoms with van der Waals surface area (Å²) in [4.78, 5) is 23.6. The van der Waals surface area contributed by atoms with Crippen LogP contribution in [-0.4, -0.2) is 37.7 Å². The average Bonchev–Trinajstić information content (AvgIpc) is 3.04. The number of nitro groups is 1. The first-order valence-electron chi connectivity index (χ1n) is 8.17. The third-order valence-electron chi connectivity index (χ3n) is 4.30. The minimum absolute atomic E-state index is 0.157. The van der Waals surface area contributed by atoms with Crippen molar-refractivity contribution in [2.45, 2.75) is 42.3 Å². The van der Waals surface area contributed by atoms with Gasteiger partial charge in [-0.05, 0) is 36.7 Å². The number of benzene rings is 1. The molecule has 0 aliphatic rings. The Morgan fingerprint density at radius 2 is 2.12 bits per heavy atom. The molecule has 26 heavy (non-hydrogen) atoms. The van der Waals surface area contributed by atoms with Crippen LogP contribution >= 0.6 is 11.8 Å². The highest BCUT2D eigenvalue weighted by Gasteiger charge is 2.23. The fourth-order valence-corrected chi connectivity index (χ4v) is 3.06. The molecule has 0 saturated carbocycles. The highest BCUT2D eigenvalue weighted by Crippen LogP contribution is 2.34. The summed E-state index contributed by atoms with van der Waals surface area (Å²) in [5.74, 6) is -0.389. The number of aryl methyl sites for hydroxylation is 1. The molecule has 0 atom stereocenters. The van der Waals surface area contributed by atoms with Gasteiger partial charge in [0.05, 0.1) is 9.82 Å². The molecule has 3 N–H and O–H groups in total. The van der Waals surface area contributed by atoms with E-state index in [-0.39, 0.29) is 17.2 Å². The highest BCUT2D eigenvalue weighted by molar-refractivity contribution is 7.99. The van der Waals surface area contributed by atoms with E-state index in [1.54, 1.807) is 23.7 Å². The van der Waals surface area contributed by atoms with Crippen molar-refractivity contribution in [2.24, 2.45) is 12.8 Å². The zero-order valence-corrected chi connectivity index (χ0v) is 15.7. The first-order chi connectivity index (χ1) is 12.3. The molecular formula is C16H22N6O3S. The van der Waals surface area contributed by atoms with Crippen molar-refractivity contribution in [1.29, 1.82) is 0 Å². The van der Waals surface area contributed by atoms with Gasteiger partial charge in [-0.15, -0.1) is 10.2 Å². The van der Waals surface area contributed by atoms with Gasteiger partial charge in [-0.3, -0.25) is 14.9 Å². The van der Waals surface area contributed by atoms with Crippen molar-refractivity contribution >= 4 is 23.4 Å². The lowest BCUT2D eigenvalue weighted by Gasteiger charge is -2.26. The Bertz CT molecular complexity index is 803. The smallest absolute Gasteiger partial charge is 0.284 e. The summed E-state index contributed by atoms with van der Waals surface area (Å²) in [6.45, 7) is 4.22. The Labute approximate surface area is 155 Å². The van der Waals surface area contributed by atoms with Crippen LogP contribution in [0.2, 0.25) is 0 Å². The van der Waals surface area contributed by atoms with Crippen LogP contribution in [0.3, 0.4) is 0 Å². The van der Waals surface area contributed by atoms with Gasteiger partial charge in [0, 0.05) is 30.8 Å². The van der Waals surface area contributed by atoms with Crippen molar-refractivity contribution in [1.82, 2.24) is 20.1 Å². The van der Waals surface area contributed by atoms with Crippen LogP contribution in [0.1, 0.15) is 37.0 Å². The number of carbonyl (C=O) groups excluding carboxylic acids is 1. The van der Waals surface area contributed by atoms with E-state index < -0.39 is 10.5 Å². The molecule has 1 aromatic heterocycles. The Morgan fingerprint density at radius 3 is 2.65 bits per heavy atom. The Balaban J connectivity index is 2.21. The van der Waals surface area contributed by atoms with Gasteiger partial charge in [-0.2, -0.15) is 0 Å². The molecule has 140 valence electrons. The molecule has 9 nitrogen and oxygen atoms in total. The number of amides is 1. The molecule has 1 amide bonds. The molecule has 0 aliphatic heterocycles. The molecule has 10 heteroatoms. The Kier molecular flexibility index (Phi) is 6.32. The molecule has 0 spiro atoms. The SMILES string of the molecule is CCC(N)(CC)CNC(=O)c1ccc(Sc2nncn2C)c([N+](=O)[O-])c1. The van der Waals surface area contributed by atoms with Crippen LogP contribution in [0.25, 0.3) is 0 Å². The lowest BCUT2D eigenvalue weighted by Crippen LogP contribution is -2.49. The molecular weight excluding hydrogens is 356 g/mol. The van der Waals surface area contributed by atoms with Crippen LogP contribution < -0.4 is 11.1 Å². The normalized spacial score (nSPS) is 11.4. The van der Waals surface area contributed by atoms with E-state index in [1.807, 2.05) is 13.8 Å². The number of rotatable bonds is 8. The zero-order valence-electron chi connectivity index (χ0n) is 14.9. The number of nitrogens with one attached hydrogen (secondary N) is 1. The zero-order chi connectivity index (χ0) is 19.3. The number of nitrogens with two attached hydrogens (primary N) is 1. The van der Waals surface area contributed by atoms with Crippen molar-refractivity contribution in [3.8, 4) is 0 Å². The van der Waals surface area contributed by atoms with Crippen LogP contribution in [0, 0.1) is 10.1 Å². The van der Waals surface area contributed by atoms with Gasteiger partial charge in [0.2, 0.25) is 0 Å². The van der Waals surface area contributed by atoms with E-state index in [0.29, 0.717) is 16.6 Å². The van der Waals surface area contributed by atoms with Crippen LogP contribution in [0.15, 0.2) is 34.6 Å². The molecule has 2 rings (SSSR count). The maximum Gasteiger partial charge on any atom is 0.284 e. The molecule has 1 aromatic carbocycles. The van der Waals surface area contributed by atoms with E-state index in [2.05, 4.69) is 15.5 Å². The van der Waals surface area contributed by atoms with Crippen molar-refractivity contribution in [3.05, 3.63) is 40.2 Å². The second kappa shape index (κ2) is 8.28. The molecule has 0 bridgehead atoms. The third-order valence-corrected chi connectivity index (χ3v) is 5.42. The maximum atomic E-state index is 12.4. The third kappa shape index (κ3) is 4.58. The van der Waals surface area contributed by atoms with Crippen LogP contribution in [0.5, 0.6) is 0 Å².